The molecule has 1 aromatic heterocycles. The van der Waals surface area contributed by atoms with E-state index in [4.69, 9.17) is 0 Å². The summed E-state index contributed by atoms with van der Waals surface area (Å²) in [4.78, 5) is 2.31. The van der Waals surface area contributed by atoms with E-state index in [1.54, 1.807) is 0 Å². The van der Waals surface area contributed by atoms with Crippen molar-refractivity contribution in [3.8, 4) is 0 Å². The van der Waals surface area contributed by atoms with E-state index in [1.165, 1.54) is 11.4 Å². The largest absolute Gasteiger partial charge is 0.355 e. The van der Waals surface area contributed by atoms with Gasteiger partial charge in [-0.25, -0.2) is 0 Å². The first kappa shape index (κ1) is 13.5. The number of nitrogens with one attached hydrogen (secondary N) is 1. The lowest BCUT2D eigenvalue weighted by Crippen LogP contribution is -2.39. The van der Waals surface area contributed by atoms with Gasteiger partial charge in [0.25, 0.3) is 0 Å². The highest BCUT2D eigenvalue weighted by atomic mass is 32.2. The fraction of sp³-hybridized carbons (Fsp3) is 0.750. The summed E-state index contributed by atoms with van der Waals surface area (Å²) in [5.74, 6) is 2.72. The zero-order valence-corrected chi connectivity index (χ0v) is 12.2. The summed E-state index contributed by atoms with van der Waals surface area (Å²) in [5.41, 5.74) is 2.35. The molecular weight excluding hydrogens is 248 g/mol. The van der Waals surface area contributed by atoms with Crippen molar-refractivity contribution in [2.45, 2.75) is 20.4 Å². The molecule has 18 heavy (non-hydrogen) atoms. The Balaban J connectivity index is 2.22. The molecule has 0 aromatic carbocycles. The highest BCUT2D eigenvalue weighted by Gasteiger charge is 2.22. The van der Waals surface area contributed by atoms with Crippen molar-refractivity contribution < 1.29 is 4.21 Å². The summed E-state index contributed by atoms with van der Waals surface area (Å²) in [6, 6.07) is 0. The van der Waals surface area contributed by atoms with Gasteiger partial charge in [0.2, 0.25) is 0 Å². The lowest BCUT2D eigenvalue weighted by molar-refractivity contribution is 0.662. The van der Waals surface area contributed by atoms with Crippen LogP contribution in [0.2, 0.25) is 0 Å². The summed E-state index contributed by atoms with van der Waals surface area (Å²) in [6.45, 7) is 7.70. The molecule has 0 atom stereocenters. The number of aryl methyl sites for hydroxylation is 2. The summed E-state index contributed by atoms with van der Waals surface area (Å²) in [7, 11) is 1.36. The van der Waals surface area contributed by atoms with Gasteiger partial charge in [-0.2, -0.15) is 5.10 Å². The normalized spacial score (nSPS) is 17.4. The van der Waals surface area contributed by atoms with E-state index in [1.807, 2.05) is 11.7 Å². The average Bonchev–Trinajstić information content (AvgIpc) is 2.62. The summed E-state index contributed by atoms with van der Waals surface area (Å²) < 4.78 is 13.4. The molecule has 2 heterocycles. The second-order valence-corrected chi connectivity index (χ2v) is 6.32. The molecule has 1 saturated heterocycles. The van der Waals surface area contributed by atoms with Crippen molar-refractivity contribution in [1.29, 1.82) is 0 Å². The molecule has 1 N–H and O–H groups in total. The molecule has 1 aliphatic heterocycles. The maximum Gasteiger partial charge on any atom is 0.131 e. The Kier molecular flexibility index (Phi) is 4.40. The van der Waals surface area contributed by atoms with Crippen molar-refractivity contribution in [2.24, 2.45) is 7.05 Å². The lowest BCUT2D eigenvalue weighted by Gasteiger charge is -2.29. The van der Waals surface area contributed by atoms with Gasteiger partial charge in [0.15, 0.2) is 0 Å². The van der Waals surface area contributed by atoms with Crippen LogP contribution in [0, 0.1) is 6.92 Å². The smallest absolute Gasteiger partial charge is 0.131 e. The predicted octanol–water partition coefficient (Wildman–Crippen LogP) is 0.407. The molecular formula is C12H22N4OS. The van der Waals surface area contributed by atoms with Crippen molar-refractivity contribution in [3.63, 3.8) is 0 Å². The van der Waals surface area contributed by atoms with Crippen molar-refractivity contribution in [1.82, 2.24) is 15.1 Å². The van der Waals surface area contributed by atoms with Crippen LogP contribution in [0.3, 0.4) is 0 Å². The minimum Gasteiger partial charge on any atom is -0.355 e. The first-order valence-electron chi connectivity index (χ1n) is 6.46. The topological polar surface area (TPSA) is 50.2 Å². The molecule has 0 spiro atoms. The number of nitrogens with zero attached hydrogens (tertiary/aromatic N) is 3. The van der Waals surface area contributed by atoms with Gasteiger partial charge in [0.1, 0.15) is 5.82 Å². The molecule has 0 amide bonds. The van der Waals surface area contributed by atoms with E-state index in [9.17, 15) is 4.21 Å². The van der Waals surface area contributed by atoms with Crippen molar-refractivity contribution in [3.05, 3.63) is 11.3 Å². The van der Waals surface area contributed by atoms with Gasteiger partial charge in [-0.3, -0.25) is 8.89 Å². The fourth-order valence-electron chi connectivity index (χ4n) is 2.39. The Morgan fingerprint density at radius 3 is 2.67 bits per heavy atom. The molecule has 6 heteroatoms. The monoisotopic (exact) mass is 270 g/mol. The molecule has 102 valence electrons. The van der Waals surface area contributed by atoms with Crippen LogP contribution >= 0.6 is 0 Å². The number of anilines is 1. The molecule has 5 nitrogen and oxygen atoms in total. The zero-order chi connectivity index (χ0) is 13.1. The molecule has 1 aliphatic rings. The SMILES string of the molecule is CCNCc1c(C)nn(C)c1N1CCS(=O)CC1. The first-order chi connectivity index (χ1) is 8.63. The zero-order valence-electron chi connectivity index (χ0n) is 11.4. The van der Waals surface area contributed by atoms with Gasteiger partial charge < -0.3 is 10.2 Å². The van der Waals surface area contributed by atoms with Crippen LogP contribution in [0.15, 0.2) is 0 Å². The molecule has 2 rings (SSSR count). The predicted molar refractivity (Wildman–Crippen MR) is 75.4 cm³/mol. The van der Waals surface area contributed by atoms with E-state index in [0.717, 1.165) is 43.4 Å². The molecule has 0 aliphatic carbocycles. The molecule has 0 saturated carbocycles. The van der Waals surface area contributed by atoms with Gasteiger partial charge >= 0.3 is 0 Å². The van der Waals surface area contributed by atoms with Gasteiger partial charge in [0.05, 0.1) is 5.69 Å². The van der Waals surface area contributed by atoms with Gasteiger partial charge in [-0.05, 0) is 13.5 Å². The van der Waals surface area contributed by atoms with E-state index in [-0.39, 0.29) is 0 Å². The van der Waals surface area contributed by atoms with E-state index >= 15 is 0 Å². The summed E-state index contributed by atoms with van der Waals surface area (Å²) >= 11 is 0. The minimum atomic E-state index is -0.633. The standard InChI is InChI=1S/C12H22N4OS/c1-4-13-9-11-10(2)14-15(3)12(11)16-5-7-18(17)8-6-16/h13H,4-9H2,1-3H3. The van der Waals surface area contributed by atoms with Gasteiger partial charge in [-0.1, -0.05) is 6.92 Å². The number of hydrogen-bond donors (Lipinski definition) is 1. The highest BCUT2D eigenvalue weighted by Crippen LogP contribution is 2.24. The third-order valence-electron chi connectivity index (χ3n) is 3.34. The van der Waals surface area contributed by atoms with Crippen molar-refractivity contribution in [2.75, 3.05) is 36.0 Å². The quantitative estimate of drug-likeness (QED) is 0.861. The van der Waals surface area contributed by atoms with Crippen LogP contribution in [0.4, 0.5) is 5.82 Å². The third kappa shape index (κ3) is 2.75. The van der Waals surface area contributed by atoms with Crippen LogP contribution < -0.4 is 10.2 Å². The van der Waals surface area contributed by atoms with Crippen LogP contribution in [0.25, 0.3) is 0 Å². The number of hydrogen-bond acceptors (Lipinski definition) is 4. The van der Waals surface area contributed by atoms with E-state index in [0.29, 0.717) is 0 Å². The Labute approximate surface area is 111 Å². The van der Waals surface area contributed by atoms with Crippen LogP contribution in [0.5, 0.6) is 0 Å². The average molecular weight is 270 g/mol. The first-order valence-corrected chi connectivity index (χ1v) is 7.95. The van der Waals surface area contributed by atoms with E-state index in [2.05, 4.69) is 29.2 Å². The Morgan fingerprint density at radius 2 is 2.06 bits per heavy atom. The Morgan fingerprint density at radius 1 is 1.39 bits per heavy atom. The maximum atomic E-state index is 11.4. The van der Waals surface area contributed by atoms with E-state index < -0.39 is 10.8 Å². The van der Waals surface area contributed by atoms with Gasteiger partial charge in [-0.15, -0.1) is 0 Å². The number of rotatable bonds is 4. The Hall–Kier alpha value is -0.880. The maximum absolute atomic E-state index is 11.4. The van der Waals surface area contributed by atoms with Gasteiger partial charge in [0, 0.05) is 54.6 Å². The second kappa shape index (κ2) is 5.84. The summed E-state index contributed by atoms with van der Waals surface area (Å²) in [5, 5.41) is 7.88. The van der Waals surface area contributed by atoms with Crippen LogP contribution in [0.1, 0.15) is 18.2 Å². The van der Waals surface area contributed by atoms with Crippen molar-refractivity contribution >= 4 is 16.6 Å². The van der Waals surface area contributed by atoms with Crippen LogP contribution in [-0.2, 0) is 24.4 Å². The second-order valence-electron chi connectivity index (χ2n) is 4.63. The highest BCUT2D eigenvalue weighted by molar-refractivity contribution is 7.85. The fourth-order valence-corrected chi connectivity index (χ4v) is 3.44. The third-order valence-corrected chi connectivity index (χ3v) is 4.62. The molecule has 0 radical (unpaired) electrons. The van der Waals surface area contributed by atoms with Crippen LogP contribution in [-0.4, -0.2) is 45.1 Å². The molecule has 1 aromatic rings. The minimum absolute atomic E-state index is 0.633. The Bertz CT molecular complexity index is 434. The summed E-state index contributed by atoms with van der Waals surface area (Å²) in [6.07, 6.45) is 0. The molecule has 0 unspecified atom stereocenters. The number of aromatic nitrogens is 2. The molecule has 1 fully saturated rings. The molecule has 0 bridgehead atoms. The lowest BCUT2D eigenvalue weighted by atomic mass is 10.2.